The summed E-state index contributed by atoms with van der Waals surface area (Å²) in [6, 6.07) is 18.6. The number of hydrogen-bond donors (Lipinski definition) is 1. The number of carboxylic acid groups (broad SMARTS) is 1. The van der Waals surface area contributed by atoms with Crippen molar-refractivity contribution in [2.24, 2.45) is 5.92 Å². The van der Waals surface area contributed by atoms with E-state index in [1.807, 2.05) is 12.1 Å². The Morgan fingerprint density at radius 3 is 2.45 bits per heavy atom. The third-order valence-electron chi connectivity index (χ3n) is 7.65. The van der Waals surface area contributed by atoms with Gasteiger partial charge in [-0.05, 0) is 85.5 Å². The molecule has 1 aliphatic carbocycles. The van der Waals surface area contributed by atoms with E-state index >= 15 is 0 Å². The molecule has 38 heavy (non-hydrogen) atoms. The van der Waals surface area contributed by atoms with Crippen molar-refractivity contribution in [2.45, 2.75) is 50.4 Å². The summed E-state index contributed by atoms with van der Waals surface area (Å²) in [5.74, 6) is 1.66. The normalized spacial score (nSPS) is 20.6. The van der Waals surface area contributed by atoms with Crippen LogP contribution in [0.1, 0.15) is 71.8 Å². The van der Waals surface area contributed by atoms with Gasteiger partial charge in [0.1, 0.15) is 23.0 Å². The first-order chi connectivity index (χ1) is 18.4. The number of carbonyl (C=O) groups excluding carboxylic acids is 1. The number of methoxy groups -OCH3 is 1. The third kappa shape index (κ3) is 5.81. The summed E-state index contributed by atoms with van der Waals surface area (Å²) < 4.78 is 16.9. The van der Waals surface area contributed by atoms with Gasteiger partial charge in [-0.1, -0.05) is 30.2 Å². The molecule has 0 bridgehead atoms. The Morgan fingerprint density at radius 2 is 1.74 bits per heavy atom. The Kier molecular flexibility index (Phi) is 7.89. The lowest BCUT2D eigenvalue weighted by atomic mass is 9.76. The molecule has 2 aliphatic rings. The van der Waals surface area contributed by atoms with E-state index in [-0.39, 0.29) is 5.78 Å². The Morgan fingerprint density at radius 1 is 1.00 bits per heavy atom. The summed E-state index contributed by atoms with van der Waals surface area (Å²) in [6.07, 6.45) is 5.29. The molecule has 0 aromatic heterocycles. The molecule has 1 N–H and O–H groups in total. The van der Waals surface area contributed by atoms with Crippen LogP contribution in [0.5, 0.6) is 23.0 Å². The molecular weight excluding hydrogens is 504 g/mol. The van der Waals surface area contributed by atoms with E-state index in [1.54, 1.807) is 43.5 Å². The van der Waals surface area contributed by atoms with Gasteiger partial charge in [0.25, 0.3) is 0 Å². The van der Waals surface area contributed by atoms with Crippen molar-refractivity contribution in [3.8, 4) is 23.0 Å². The number of aliphatic carboxylic acids is 1. The monoisotopic (exact) mass is 534 g/mol. The summed E-state index contributed by atoms with van der Waals surface area (Å²) in [5.41, 5.74) is 2.53. The maximum atomic E-state index is 13.1. The number of halogens is 1. The minimum atomic E-state index is -0.899. The largest absolute Gasteiger partial charge is 0.497 e. The van der Waals surface area contributed by atoms with Gasteiger partial charge in [-0.15, -0.1) is 0 Å². The molecule has 3 atom stereocenters. The molecular formula is C31H31ClO6. The average molecular weight is 535 g/mol. The van der Waals surface area contributed by atoms with E-state index in [2.05, 4.69) is 12.1 Å². The van der Waals surface area contributed by atoms with Crippen LogP contribution in [0.4, 0.5) is 0 Å². The second kappa shape index (κ2) is 11.5. The SMILES string of the molecule is COc1ccc(C2CCCC(CC(=O)c3ccc(Oc4cc5c(cc4Cl)C(C(=O)O)CCO5)cc3)C2)cc1. The first-order valence-corrected chi connectivity index (χ1v) is 13.4. The maximum Gasteiger partial charge on any atom is 0.311 e. The maximum absolute atomic E-state index is 13.1. The molecule has 198 valence electrons. The number of Topliss-reactive ketones (excluding diaryl/α,β-unsaturated/α-hetero) is 1. The first kappa shape index (κ1) is 26.1. The minimum absolute atomic E-state index is 0.136. The molecule has 6 nitrogen and oxygen atoms in total. The van der Waals surface area contributed by atoms with Gasteiger partial charge in [-0.2, -0.15) is 0 Å². The summed E-state index contributed by atoms with van der Waals surface area (Å²) in [4.78, 5) is 24.6. The fourth-order valence-corrected chi connectivity index (χ4v) is 5.81. The Bertz CT molecular complexity index is 1300. The molecule has 0 amide bonds. The van der Waals surface area contributed by atoms with Crippen LogP contribution < -0.4 is 14.2 Å². The zero-order chi connectivity index (χ0) is 26.6. The van der Waals surface area contributed by atoms with Gasteiger partial charge < -0.3 is 19.3 Å². The van der Waals surface area contributed by atoms with Crippen molar-refractivity contribution in [1.82, 2.24) is 0 Å². The standard InChI is InChI=1S/C31H31ClO6/c1-36-23-9-5-20(6-10-23)22-4-2-3-19(15-22)16-28(33)21-7-11-24(12-8-21)38-30-18-29-26(17-27(30)32)25(31(34)35)13-14-37-29/h5-12,17-19,22,25H,2-4,13-16H2,1H3,(H,34,35). The zero-order valence-corrected chi connectivity index (χ0v) is 22.1. The number of hydrogen-bond acceptors (Lipinski definition) is 5. The first-order valence-electron chi connectivity index (χ1n) is 13.1. The fourth-order valence-electron chi connectivity index (χ4n) is 5.60. The van der Waals surface area contributed by atoms with Gasteiger partial charge in [0.2, 0.25) is 0 Å². The second-order valence-electron chi connectivity index (χ2n) is 10.1. The van der Waals surface area contributed by atoms with Crippen LogP contribution in [0.3, 0.4) is 0 Å². The van der Waals surface area contributed by atoms with Gasteiger partial charge >= 0.3 is 5.97 Å². The highest BCUT2D eigenvalue weighted by Gasteiger charge is 2.29. The van der Waals surface area contributed by atoms with E-state index < -0.39 is 11.9 Å². The van der Waals surface area contributed by atoms with E-state index in [1.165, 1.54) is 5.56 Å². The molecule has 1 saturated carbocycles. The van der Waals surface area contributed by atoms with Crippen LogP contribution in [0, 0.1) is 5.92 Å². The molecule has 1 heterocycles. The van der Waals surface area contributed by atoms with E-state index in [4.69, 9.17) is 25.8 Å². The number of carboxylic acids is 1. The van der Waals surface area contributed by atoms with Crippen LogP contribution in [0.2, 0.25) is 5.02 Å². The van der Waals surface area contributed by atoms with Gasteiger partial charge in [0, 0.05) is 23.6 Å². The Balaban J connectivity index is 1.21. The topological polar surface area (TPSA) is 82.1 Å². The van der Waals surface area contributed by atoms with Gasteiger partial charge in [0.05, 0.1) is 24.7 Å². The van der Waals surface area contributed by atoms with Gasteiger partial charge in [-0.3, -0.25) is 9.59 Å². The van der Waals surface area contributed by atoms with Crippen LogP contribution in [0.25, 0.3) is 0 Å². The zero-order valence-electron chi connectivity index (χ0n) is 21.3. The van der Waals surface area contributed by atoms with Crippen LogP contribution in [-0.4, -0.2) is 30.6 Å². The average Bonchev–Trinajstić information content (AvgIpc) is 2.93. The molecule has 0 radical (unpaired) electrons. The lowest BCUT2D eigenvalue weighted by molar-refractivity contribution is -0.139. The number of carbonyl (C=O) groups is 2. The third-order valence-corrected chi connectivity index (χ3v) is 7.95. The van der Waals surface area contributed by atoms with Crippen molar-refractivity contribution < 1.29 is 28.9 Å². The van der Waals surface area contributed by atoms with Crippen molar-refractivity contribution in [3.63, 3.8) is 0 Å². The van der Waals surface area contributed by atoms with E-state index in [0.717, 1.165) is 31.4 Å². The lowest BCUT2D eigenvalue weighted by Gasteiger charge is -2.29. The summed E-state index contributed by atoms with van der Waals surface area (Å²) in [6.45, 7) is 0.323. The second-order valence-corrected chi connectivity index (χ2v) is 10.5. The van der Waals surface area contributed by atoms with E-state index in [0.29, 0.717) is 64.7 Å². The van der Waals surface area contributed by atoms with Crippen LogP contribution >= 0.6 is 11.6 Å². The number of benzene rings is 3. The summed E-state index contributed by atoms with van der Waals surface area (Å²) in [5, 5.41) is 9.79. The lowest BCUT2D eigenvalue weighted by Crippen LogP contribution is -2.20. The van der Waals surface area contributed by atoms with Crippen molar-refractivity contribution >= 4 is 23.4 Å². The Hall–Kier alpha value is -3.51. The molecule has 3 aromatic rings. The fraction of sp³-hybridized carbons (Fsp3) is 0.355. The molecule has 5 rings (SSSR count). The number of rotatable bonds is 8. The molecule has 0 spiro atoms. The Labute approximate surface area is 227 Å². The molecule has 7 heteroatoms. The quantitative estimate of drug-likeness (QED) is 0.299. The highest BCUT2D eigenvalue weighted by atomic mass is 35.5. The smallest absolute Gasteiger partial charge is 0.311 e. The predicted octanol–water partition coefficient (Wildman–Crippen LogP) is 7.64. The molecule has 3 unspecified atom stereocenters. The molecule has 1 fully saturated rings. The molecule has 0 saturated heterocycles. The van der Waals surface area contributed by atoms with Crippen molar-refractivity contribution in [3.05, 3.63) is 82.4 Å². The number of fused-ring (bicyclic) bond motifs is 1. The number of ketones is 1. The predicted molar refractivity (Wildman–Crippen MR) is 145 cm³/mol. The van der Waals surface area contributed by atoms with Crippen molar-refractivity contribution in [1.29, 1.82) is 0 Å². The van der Waals surface area contributed by atoms with Crippen LogP contribution in [0.15, 0.2) is 60.7 Å². The summed E-state index contributed by atoms with van der Waals surface area (Å²) in [7, 11) is 1.67. The van der Waals surface area contributed by atoms with Crippen LogP contribution in [-0.2, 0) is 4.79 Å². The van der Waals surface area contributed by atoms with E-state index in [9.17, 15) is 14.7 Å². The van der Waals surface area contributed by atoms with Gasteiger partial charge in [0.15, 0.2) is 5.78 Å². The van der Waals surface area contributed by atoms with Gasteiger partial charge in [-0.25, -0.2) is 0 Å². The highest BCUT2D eigenvalue weighted by Crippen LogP contribution is 2.42. The molecule has 1 aliphatic heterocycles. The highest BCUT2D eigenvalue weighted by molar-refractivity contribution is 6.32. The molecule has 3 aromatic carbocycles. The minimum Gasteiger partial charge on any atom is -0.497 e. The summed E-state index contributed by atoms with van der Waals surface area (Å²) >= 11 is 6.41. The number of ether oxygens (including phenoxy) is 3. The van der Waals surface area contributed by atoms with Crippen molar-refractivity contribution in [2.75, 3.05) is 13.7 Å².